The van der Waals surface area contributed by atoms with E-state index in [1.165, 1.54) is 0 Å². The fourth-order valence-electron chi connectivity index (χ4n) is 3.50. The van der Waals surface area contributed by atoms with Crippen LogP contribution in [0.5, 0.6) is 5.75 Å². The normalized spacial score (nSPS) is 21.6. The van der Waals surface area contributed by atoms with Crippen molar-refractivity contribution in [3.8, 4) is 5.75 Å². The zero-order valence-electron chi connectivity index (χ0n) is 14.9. The minimum absolute atomic E-state index is 0.109. The van der Waals surface area contributed by atoms with E-state index in [4.69, 9.17) is 4.74 Å². The maximum absolute atomic E-state index is 12.6. The summed E-state index contributed by atoms with van der Waals surface area (Å²) in [5.74, 6) is 0.991. The SMILES string of the molecule is CCN1CC(C(=O)N2CCN(CCOc3ccccc3)CC2)CC1=O. The van der Waals surface area contributed by atoms with Crippen molar-refractivity contribution >= 4 is 11.8 Å². The van der Waals surface area contributed by atoms with Crippen LogP contribution in [0, 0.1) is 5.92 Å². The molecule has 0 saturated carbocycles. The Morgan fingerprint density at radius 2 is 1.88 bits per heavy atom. The van der Waals surface area contributed by atoms with Gasteiger partial charge in [0.15, 0.2) is 0 Å². The van der Waals surface area contributed by atoms with Crippen LogP contribution < -0.4 is 4.74 Å². The van der Waals surface area contributed by atoms with Crippen LogP contribution in [-0.2, 0) is 9.59 Å². The van der Waals surface area contributed by atoms with Gasteiger partial charge in [0.05, 0.1) is 5.92 Å². The first-order chi connectivity index (χ1) is 12.2. The Kier molecular flexibility index (Phi) is 5.91. The van der Waals surface area contributed by atoms with Crippen molar-refractivity contribution in [2.24, 2.45) is 5.92 Å². The Hall–Kier alpha value is -2.08. The van der Waals surface area contributed by atoms with Crippen LogP contribution >= 0.6 is 0 Å². The second-order valence-electron chi connectivity index (χ2n) is 6.66. The zero-order chi connectivity index (χ0) is 17.6. The van der Waals surface area contributed by atoms with Gasteiger partial charge in [-0.15, -0.1) is 0 Å². The van der Waals surface area contributed by atoms with Crippen LogP contribution in [0.4, 0.5) is 0 Å². The molecular weight excluding hydrogens is 318 g/mol. The molecule has 2 amide bonds. The summed E-state index contributed by atoms with van der Waals surface area (Å²) in [5, 5.41) is 0. The molecule has 136 valence electrons. The first-order valence-corrected chi connectivity index (χ1v) is 9.14. The van der Waals surface area contributed by atoms with Gasteiger partial charge in [0.1, 0.15) is 12.4 Å². The number of rotatable bonds is 6. The molecular formula is C19H27N3O3. The van der Waals surface area contributed by atoms with E-state index in [0.29, 0.717) is 26.1 Å². The summed E-state index contributed by atoms with van der Waals surface area (Å²) < 4.78 is 5.74. The molecule has 0 bridgehead atoms. The Balaban J connectivity index is 1.38. The molecule has 2 heterocycles. The minimum Gasteiger partial charge on any atom is -0.492 e. The van der Waals surface area contributed by atoms with Crippen molar-refractivity contribution < 1.29 is 14.3 Å². The molecule has 1 atom stereocenters. The first kappa shape index (κ1) is 17.7. The maximum atomic E-state index is 12.6. The molecule has 25 heavy (non-hydrogen) atoms. The van der Waals surface area contributed by atoms with Gasteiger partial charge in [0, 0.05) is 52.2 Å². The molecule has 6 heteroatoms. The molecule has 0 N–H and O–H groups in total. The fourth-order valence-corrected chi connectivity index (χ4v) is 3.50. The lowest BCUT2D eigenvalue weighted by atomic mass is 10.1. The number of benzene rings is 1. The molecule has 3 rings (SSSR count). The monoisotopic (exact) mass is 345 g/mol. The van der Waals surface area contributed by atoms with Crippen molar-refractivity contribution in [3.63, 3.8) is 0 Å². The number of carbonyl (C=O) groups excluding carboxylic acids is 2. The lowest BCUT2D eigenvalue weighted by Gasteiger charge is -2.35. The van der Waals surface area contributed by atoms with E-state index in [2.05, 4.69) is 4.90 Å². The van der Waals surface area contributed by atoms with Gasteiger partial charge < -0.3 is 14.5 Å². The van der Waals surface area contributed by atoms with E-state index in [9.17, 15) is 9.59 Å². The Morgan fingerprint density at radius 1 is 1.16 bits per heavy atom. The molecule has 2 aliphatic heterocycles. The Bertz CT molecular complexity index is 585. The molecule has 1 aromatic carbocycles. The number of ether oxygens (including phenoxy) is 1. The molecule has 1 aromatic rings. The quantitative estimate of drug-likeness (QED) is 0.774. The van der Waals surface area contributed by atoms with Gasteiger partial charge in [-0.3, -0.25) is 14.5 Å². The van der Waals surface area contributed by atoms with Crippen molar-refractivity contribution in [3.05, 3.63) is 30.3 Å². The van der Waals surface area contributed by atoms with Crippen LogP contribution in [0.1, 0.15) is 13.3 Å². The van der Waals surface area contributed by atoms with Crippen molar-refractivity contribution in [1.82, 2.24) is 14.7 Å². The number of para-hydroxylation sites is 1. The van der Waals surface area contributed by atoms with E-state index >= 15 is 0 Å². The van der Waals surface area contributed by atoms with Gasteiger partial charge in [-0.2, -0.15) is 0 Å². The number of amides is 2. The van der Waals surface area contributed by atoms with Gasteiger partial charge in [-0.05, 0) is 19.1 Å². The highest BCUT2D eigenvalue weighted by atomic mass is 16.5. The second-order valence-corrected chi connectivity index (χ2v) is 6.66. The fraction of sp³-hybridized carbons (Fsp3) is 0.579. The molecule has 0 spiro atoms. The van der Waals surface area contributed by atoms with Gasteiger partial charge in [0.2, 0.25) is 11.8 Å². The van der Waals surface area contributed by atoms with Crippen LogP contribution in [-0.4, -0.2) is 78.9 Å². The van der Waals surface area contributed by atoms with E-state index in [-0.39, 0.29) is 17.7 Å². The van der Waals surface area contributed by atoms with Crippen LogP contribution in [0.15, 0.2) is 30.3 Å². The number of carbonyl (C=O) groups is 2. The zero-order valence-corrected chi connectivity index (χ0v) is 14.9. The van der Waals surface area contributed by atoms with Crippen LogP contribution in [0.3, 0.4) is 0 Å². The number of likely N-dealkylation sites (tertiary alicyclic amines) is 1. The highest BCUT2D eigenvalue weighted by Gasteiger charge is 2.36. The smallest absolute Gasteiger partial charge is 0.228 e. The first-order valence-electron chi connectivity index (χ1n) is 9.14. The van der Waals surface area contributed by atoms with Crippen molar-refractivity contribution in [2.75, 3.05) is 52.4 Å². The summed E-state index contributed by atoms with van der Waals surface area (Å²) in [6, 6.07) is 9.82. The third kappa shape index (κ3) is 4.51. The molecule has 2 fully saturated rings. The van der Waals surface area contributed by atoms with E-state index in [0.717, 1.165) is 38.5 Å². The maximum Gasteiger partial charge on any atom is 0.228 e. The highest BCUT2D eigenvalue weighted by Crippen LogP contribution is 2.20. The number of piperazine rings is 1. The third-order valence-corrected chi connectivity index (χ3v) is 5.05. The highest BCUT2D eigenvalue weighted by molar-refractivity contribution is 5.89. The Labute approximate surface area is 149 Å². The molecule has 0 aliphatic carbocycles. The van der Waals surface area contributed by atoms with E-state index < -0.39 is 0 Å². The molecule has 2 aliphatic rings. The molecule has 2 saturated heterocycles. The minimum atomic E-state index is -0.152. The predicted octanol–water partition coefficient (Wildman–Crippen LogP) is 1.08. The lowest BCUT2D eigenvalue weighted by Crippen LogP contribution is -2.51. The Morgan fingerprint density at radius 3 is 2.52 bits per heavy atom. The summed E-state index contributed by atoms with van der Waals surface area (Å²) in [7, 11) is 0. The standard InChI is InChI=1S/C19H27N3O3/c1-2-21-15-16(14-18(21)23)19(24)22-10-8-20(9-11-22)12-13-25-17-6-4-3-5-7-17/h3-7,16H,2,8-15H2,1H3. The largest absolute Gasteiger partial charge is 0.492 e. The van der Waals surface area contributed by atoms with Gasteiger partial charge in [-0.25, -0.2) is 0 Å². The number of hydrogen-bond acceptors (Lipinski definition) is 4. The van der Waals surface area contributed by atoms with Crippen molar-refractivity contribution in [2.45, 2.75) is 13.3 Å². The summed E-state index contributed by atoms with van der Waals surface area (Å²) in [4.78, 5) is 30.5. The predicted molar refractivity (Wildman–Crippen MR) is 95.3 cm³/mol. The summed E-state index contributed by atoms with van der Waals surface area (Å²) in [6.45, 7) is 7.95. The van der Waals surface area contributed by atoms with E-state index in [1.807, 2.05) is 42.2 Å². The topological polar surface area (TPSA) is 53.1 Å². The van der Waals surface area contributed by atoms with Gasteiger partial charge >= 0.3 is 0 Å². The molecule has 0 aromatic heterocycles. The average molecular weight is 345 g/mol. The van der Waals surface area contributed by atoms with Crippen molar-refractivity contribution in [1.29, 1.82) is 0 Å². The third-order valence-electron chi connectivity index (χ3n) is 5.05. The lowest BCUT2D eigenvalue weighted by molar-refractivity contribution is -0.137. The number of nitrogens with zero attached hydrogens (tertiary/aromatic N) is 3. The summed E-state index contributed by atoms with van der Waals surface area (Å²) in [6.07, 6.45) is 0.373. The summed E-state index contributed by atoms with van der Waals surface area (Å²) >= 11 is 0. The molecule has 1 unspecified atom stereocenters. The van der Waals surface area contributed by atoms with Gasteiger partial charge in [0.25, 0.3) is 0 Å². The average Bonchev–Trinajstić information content (AvgIpc) is 3.03. The van der Waals surface area contributed by atoms with Gasteiger partial charge in [-0.1, -0.05) is 18.2 Å². The second kappa shape index (κ2) is 8.34. The summed E-state index contributed by atoms with van der Waals surface area (Å²) in [5.41, 5.74) is 0. The van der Waals surface area contributed by atoms with E-state index in [1.54, 1.807) is 4.90 Å². The molecule has 6 nitrogen and oxygen atoms in total. The van der Waals surface area contributed by atoms with Crippen LogP contribution in [0.25, 0.3) is 0 Å². The van der Waals surface area contributed by atoms with Crippen LogP contribution in [0.2, 0.25) is 0 Å². The number of hydrogen-bond donors (Lipinski definition) is 0. The molecule has 0 radical (unpaired) electrons.